The Balaban J connectivity index is 0.00000225. The molecular weight excluding hydrogens is 336 g/mol. The maximum absolute atomic E-state index is 12.5. The third-order valence-corrected chi connectivity index (χ3v) is 4.84. The molecule has 0 aliphatic carbocycles. The molecule has 1 unspecified atom stereocenters. The van der Waals surface area contributed by atoms with Crippen LogP contribution in [0, 0.1) is 19.8 Å². The van der Waals surface area contributed by atoms with Gasteiger partial charge in [0.15, 0.2) is 0 Å². The van der Waals surface area contributed by atoms with E-state index in [1.165, 1.54) is 12.8 Å². The lowest BCUT2D eigenvalue weighted by molar-refractivity contribution is 0.0950. The minimum Gasteiger partial charge on any atom is -0.352 e. The van der Waals surface area contributed by atoms with Gasteiger partial charge in [0.2, 0.25) is 0 Å². The predicted octanol–water partition coefficient (Wildman–Crippen LogP) is 3.03. The molecule has 2 heterocycles. The first kappa shape index (κ1) is 19.5. The molecule has 0 bridgehead atoms. The van der Waals surface area contributed by atoms with Gasteiger partial charge in [-0.15, -0.1) is 12.4 Å². The number of nitrogens with one attached hydrogen (secondary N) is 2. The number of nitrogens with zero attached hydrogens (tertiary/aromatic N) is 2. The number of aromatic nitrogens is 2. The highest BCUT2D eigenvalue weighted by Gasteiger charge is 2.17. The van der Waals surface area contributed by atoms with Crippen LogP contribution in [0.2, 0.25) is 0 Å². The van der Waals surface area contributed by atoms with Crippen molar-refractivity contribution in [1.82, 2.24) is 20.4 Å². The minimum atomic E-state index is -0.0314. The first-order valence-electron chi connectivity index (χ1n) is 8.76. The second-order valence-corrected chi connectivity index (χ2v) is 6.60. The average molecular weight is 363 g/mol. The number of aryl methyl sites for hydroxylation is 1. The molecule has 1 aliphatic rings. The average Bonchev–Trinajstić information content (AvgIpc) is 2.98. The molecule has 1 aromatic carbocycles. The minimum absolute atomic E-state index is 0. The van der Waals surface area contributed by atoms with E-state index in [4.69, 9.17) is 0 Å². The molecule has 2 aromatic rings. The van der Waals surface area contributed by atoms with Gasteiger partial charge in [0.25, 0.3) is 5.91 Å². The monoisotopic (exact) mass is 362 g/mol. The number of rotatable bonds is 5. The van der Waals surface area contributed by atoms with Crippen LogP contribution in [0.15, 0.2) is 30.5 Å². The van der Waals surface area contributed by atoms with Crippen LogP contribution < -0.4 is 10.6 Å². The smallest absolute Gasteiger partial charge is 0.254 e. The lowest BCUT2D eigenvalue weighted by atomic mass is 9.96. The van der Waals surface area contributed by atoms with Gasteiger partial charge in [-0.2, -0.15) is 5.10 Å². The fourth-order valence-electron chi connectivity index (χ4n) is 3.33. The van der Waals surface area contributed by atoms with Gasteiger partial charge in [-0.05, 0) is 63.7 Å². The van der Waals surface area contributed by atoms with Gasteiger partial charge in [0.05, 0.1) is 23.1 Å². The van der Waals surface area contributed by atoms with Crippen LogP contribution in [-0.4, -0.2) is 35.3 Å². The van der Waals surface area contributed by atoms with Crippen molar-refractivity contribution in [2.24, 2.45) is 5.92 Å². The summed E-state index contributed by atoms with van der Waals surface area (Å²) in [6.45, 7) is 6.91. The number of amides is 1. The number of hydrogen-bond donors (Lipinski definition) is 2. The quantitative estimate of drug-likeness (QED) is 0.859. The summed E-state index contributed by atoms with van der Waals surface area (Å²) < 4.78 is 1.84. The molecule has 1 aromatic heterocycles. The fourth-order valence-corrected chi connectivity index (χ4v) is 3.33. The Morgan fingerprint density at radius 3 is 2.88 bits per heavy atom. The summed E-state index contributed by atoms with van der Waals surface area (Å²) in [6, 6.07) is 8.06. The number of piperidine rings is 1. The van der Waals surface area contributed by atoms with Crippen molar-refractivity contribution in [2.45, 2.75) is 33.1 Å². The molecule has 136 valence electrons. The van der Waals surface area contributed by atoms with Crippen molar-refractivity contribution in [1.29, 1.82) is 0 Å². The number of halogens is 1. The summed E-state index contributed by atoms with van der Waals surface area (Å²) in [5, 5.41) is 10.9. The molecule has 1 saturated heterocycles. The summed E-state index contributed by atoms with van der Waals surface area (Å²) >= 11 is 0. The molecule has 0 radical (unpaired) electrons. The summed E-state index contributed by atoms with van der Waals surface area (Å²) in [4.78, 5) is 12.5. The topological polar surface area (TPSA) is 59.0 Å². The van der Waals surface area contributed by atoms with Crippen LogP contribution in [0.5, 0.6) is 0 Å². The molecule has 25 heavy (non-hydrogen) atoms. The van der Waals surface area contributed by atoms with Gasteiger partial charge in [-0.25, -0.2) is 4.68 Å². The van der Waals surface area contributed by atoms with Crippen molar-refractivity contribution in [3.63, 3.8) is 0 Å². The first-order chi connectivity index (χ1) is 11.7. The molecule has 0 spiro atoms. The molecule has 2 N–H and O–H groups in total. The molecule has 6 heteroatoms. The molecular formula is C19H27ClN4O. The van der Waals surface area contributed by atoms with Crippen LogP contribution in [-0.2, 0) is 0 Å². The zero-order valence-corrected chi connectivity index (χ0v) is 15.7. The van der Waals surface area contributed by atoms with E-state index in [0.717, 1.165) is 43.0 Å². The largest absolute Gasteiger partial charge is 0.352 e. The van der Waals surface area contributed by atoms with Gasteiger partial charge < -0.3 is 10.6 Å². The number of benzene rings is 1. The maximum atomic E-state index is 12.5. The SMILES string of the molecule is Cc1ccccc1-n1ncc(C(=O)NCCC2CCCNC2)c1C.Cl. The standard InChI is InChI=1S/C19H26N4O.ClH/c1-14-6-3-4-8-18(14)23-15(2)17(13-22-23)19(24)21-11-9-16-7-5-10-20-12-16;/h3-4,6,8,13,16,20H,5,7,9-12H2,1-2H3,(H,21,24);1H. The highest BCUT2D eigenvalue weighted by atomic mass is 35.5. The summed E-state index contributed by atoms with van der Waals surface area (Å²) in [5.74, 6) is 0.644. The summed E-state index contributed by atoms with van der Waals surface area (Å²) in [7, 11) is 0. The van der Waals surface area contributed by atoms with Gasteiger partial charge >= 0.3 is 0 Å². The van der Waals surface area contributed by atoms with Crippen LogP contribution >= 0.6 is 12.4 Å². The van der Waals surface area contributed by atoms with E-state index < -0.39 is 0 Å². The fraction of sp³-hybridized carbons (Fsp3) is 0.474. The van der Waals surface area contributed by atoms with E-state index in [2.05, 4.69) is 28.7 Å². The van der Waals surface area contributed by atoms with Crippen LogP contribution in [0.3, 0.4) is 0 Å². The second kappa shape index (κ2) is 9.02. The van der Waals surface area contributed by atoms with Gasteiger partial charge in [0, 0.05) is 6.54 Å². The molecule has 3 rings (SSSR count). The van der Waals surface area contributed by atoms with E-state index in [-0.39, 0.29) is 18.3 Å². The maximum Gasteiger partial charge on any atom is 0.254 e. The van der Waals surface area contributed by atoms with Gasteiger partial charge in [-0.3, -0.25) is 4.79 Å². The highest BCUT2D eigenvalue weighted by molar-refractivity contribution is 5.95. The summed E-state index contributed by atoms with van der Waals surface area (Å²) in [5.41, 5.74) is 3.68. The van der Waals surface area contributed by atoms with Gasteiger partial charge in [0.1, 0.15) is 0 Å². The van der Waals surface area contributed by atoms with Crippen molar-refractivity contribution in [2.75, 3.05) is 19.6 Å². The molecule has 1 atom stereocenters. The normalized spacial score (nSPS) is 17.0. The van der Waals surface area contributed by atoms with Crippen molar-refractivity contribution < 1.29 is 4.79 Å². The Morgan fingerprint density at radius 2 is 2.16 bits per heavy atom. The molecule has 1 aliphatic heterocycles. The lowest BCUT2D eigenvalue weighted by Crippen LogP contribution is -2.33. The Hall–Kier alpha value is -1.85. The number of carbonyl (C=O) groups excluding carboxylic acids is 1. The molecule has 1 fully saturated rings. The third kappa shape index (κ3) is 4.61. The van der Waals surface area contributed by atoms with E-state index in [1.807, 2.05) is 29.8 Å². The molecule has 1 amide bonds. The van der Waals surface area contributed by atoms with E-state index in [1.54, 1.807) is 6.20 Å². The van der Waals surface area contributed by atoms with E-state index >= 15 is 0 Å². The molecule has 0 saturated carbocycles. The van der Waals surface area contributed by atoms with Crippen molar-refractivity contribution >= 4 is 18.3 Å². The predicted molar refractivity (Wildman–Crippen MR) is 103 cm³/mol. The van der Waals surface area contributed by atoms with Crippen LogP contribution in [0.25, 0.3) is 5.69 Å². The third-order valence-electron chi connectivity index (χ3n) is 4.84. The first-order valence-corrected chi connectivity index (χ1v) is 8.76. The van der Waals surface area contributed by atoms with E-state index in [9.17, 15) is 4.79 Å². The Morgan fingerprint density at radius 1 is 1.36 bits per heavy atom. The Labute approximate surface area is 155 Å². The van der Waals surface area contributed by atoms with Crippen LogP contribution in [0.1, 0.15) is 40.9 Å². The number of para-hydroxylation sites is 1. The number of carbonyl (C=O) groups is 1. The van der Waals surface area contributed by atoms with Crippen molar-refractivity contribution in [3.8, 4) is 5.69 Å². The molecule has 5 nitrogen and oxygen atoms in total. The van der Waals surface area contributed by atoms with Gasteiger partial charge in [-0.1, -0.05) is 18.2 Å². The summed E-state index contributed by atoms with van der Waals surface area (Å²) in [6.07, 6.45) is 5.19. The Bertz CT molecular complexity index is 707. The zero-order chi connectivity index (χ0) is 16.9. The second-order valence-electron chi connectivity index (χ2n) is 6.60. The van der Waals surface area contributed by atoms with Crippen LogP contribution in [0.4, 0.5) is 0 Å². The van der Waals surface area contributed by atoms with E-state index in [0.29, 0.717) is 11.5 Å². The zero-order valence-electron chi connectivity index (χ0n) is 14.9. The van der Waals surface area contributed by atoms with Crippen molar-refractivity contribution in [3.05, 3.63) is 47.3 Å². The lowest BCUT2D eigenvalue weighted by Gasteiger charge is -2.22. The highest BCUT2D eigenvalue weighted by Crippen LogP contribution is 2.18. The Kier molecular flexibility index (Phi) is 7.02. The number of hydrogen-bond acceptors (Lipinski definition) is 3.